The number of rotatable bonds is 6. The molecule has 0 aliphatic heterocycles. The topological polar surface area (TPSA) is 38.3 Å². The highest BCUT2D eigenvalue weighted by molar-refractivity contribution is 5.87. The Morgan fingerprint density at radius 1 is 1.50 bits per heavy atom. The van der Waals surface area contributed by atoms with E-state index >= 15 is 0 Å². The number of carbonyl (C=O) groups is 1. The molecular formula is C9H17NO2. The molecule has 0 spiro atoms. The summed E-state index contributed by atoms with van der Waals surface area (Å²) >= 11 is 0. The van der Waals surface area contributed by atoms with Crippen molar-refractivity contribution in [1.82, 2.24) is 5.48 Å². The van der Waals surface area contributed by atoms with Crippen molar-refractivity contribution >= 4 is 5.97 Å². The highest BCUT2D eigenvalue weighted by Gasteiger charge is 2.04. The standard InChI is InChI=1S/C9H17NO2/c1-4-6-7-10-12-9(11)8(3)5-2/h10H,3-7H2,1-2H3. The maximum Gasteiger partial charge on any atom is 0.352 e. The molecule has 1 N–H and O–H groups in total. The molecule has 0 heterocycles. The van der Waals surface area contributed by atoms with E-state index in [0.29, 0.717) is 18.5 Å². The van der Waals surface area contributed by atoms with Gasteiger partial charge in [0.2, 0.25) is 0 Å². The first-order chi connectivity index (χ1) is 5.72. The Hall–Kier alpha value is -0.830. The van der Waals surface area contributed by atoms with E-state index in [1.807, 2.05) is 6.92 Å². The highest BCUT2D eigenvalue weighted by Crippen LogP contribution is 1.97. The van der Waals surface area contributed by atoms with E-state index in [1.165, 1.54) is 0 Å². The minimum Gasteiger partial charge on any atom is -0.367 e. The lowest BCUT2D eigenvalue weighted by molar-refractivity contribution is -0.146. The largest absolute Gasteiger partial charge is 0.367 e. The average molecular weight is 171 g/mol. The van der Waals surface area contributed by atoms with E-state index in [-0.39, 0.29) is 5.97 Å². The van der Waals surface area contributed by atoms with Gasteiger partial charge < -0.3 is 4.84 Å². The molecule has 0 aromatic carbocycles. The molecule has 0 unspecified atom stereocenters. The van der Waals surface area contributed by atoms with Gasteiger partial charge in [-0.05, 0) is 12.8 Å². The summed E-state index contributed by atoms with van der Waals surface area (Å²) in [5, 5.41) is 0. The van der Waals surface area contributed by atoms with Crippen LogP contribution in [0.3, 0.4) is 0 Å². The fraction of sp³-hybridized carbons (Fsp3) is 0.667. The number of nitrogens with one attached hydrogen (secondary N) is 1. The minimum absolute atomic E-state index is 0.353. The summed E-state index contributed by atoms with van der Waals surface area (Å²) in [5.74, 6) is -0.353. The first kappa shape index (κ1) is 11.2. The van der Waals surface area contributed by atoms with Crippen LogP contribution in [0.1, 0.15) is 33.1 Å². The van der Waals surface area contributed by atoms with Crippen LogP contribution in [0, 0.1) is 0 Å². The van der Waals surface area contributed by atoms with Crippen LogP contribution in [0.2, 0.25) is 0 Å². The van der Waals surface area contributed by atoms with Crippen LogP contribution in [0.15, 0.2) is 12.2 Å². The average Bonchev–Trinajstić information content (AvgIpc) is 2.10. The molecule has 0 amide bonds. The lowest BCUT2D eigenvalue weighted by Crippen LogP contribution is -2.21. The van der Waals surface area contributed by atoms with Crippen LogP contribution in [0.4, 0.5) is 0 Å². The van der Waals surface area contributed by atoms with E-state index < -0.39 is 0 Å². The van der Waals surface area contributed by atoms with Crippen molar-refractivity contribution < 1.29 is 9.63 Å². The number of carbonyl (C=O) groups excluding carboxylic acids is 1. The summed E-state index contributed by atoms with van der Waals surface area (Å²) in [5.41, 5.74) is 3.09. The quantitative estimate of drug-likeness (QED) is 0.376. The van der Waals surface area contributed by atoms with Crippen molar-refractivity contribution in [3.05, 3.63) is 12.2 Å². The molecule has 0 rings (SSSR count). The van der Waals surface area contributed by atoms with Crippen molar-refractivity contribution in [2.75, 3.05) is 6.54 Å². The van der Waals surface area contributed by atoms with Crippen LogP contribution in [-0.4, -0.2) is 12.5 Å². The van der Waals surface area contributed by atoms with E-state index in [4.69, 9.17) is 4.84 Å². The van der Waals surface area contributed by atoms with Crippen LogP contribution in [0.25, 0.3) is 0 Å². The van der Waals surface area contributed by atoms with Crippen LogP contribution < -0.4 is 5.48 Å². The molecule has 0 aromatic rings. The predicted molar refractivity (Wildman–Crippen MR) is 48.4 cm³/mol. The van der Waals surface area contributed by atoms with Gasteiger partial charge in [-0.1, -0.05) is 26.8 Å². The highest BCUT2D eigenvalue weighted by atomic mass is 16.7. The van der Waals surface area contributed by atoms with Gasteiger partial charge in [0.05, 0.1) is 0 Å². The predicted octanol–water partition coefficient (Wildman–Crippen LogP) is 1.80. The molecule has 0 atom stereocenters. The Bertz CT molecular complexity index is 155. The molecule has 12 heavy (non-hydrogen) atoms. The molecule has 0 aliphatic carbocycles. The number of hydrogen-bond donors (Lipinski definition) is 1. The van der Waals surface area contributed by atoms with Crippen LogP contribution in [0.5, 0.6) is 0 Å². The van der Waals surface area contributed by atoms with Crippen molar-refractivity contribution in [2.45, 2.75) is 33.1 Å². The lowest BCUT2D eigenvalue weighted by atomic mass is 10.2. The number of hydroxylamine groups is 1. The smallest absolute Gasteiger partial charge is 0.352 e. The second-order valence-electron chi connectivity index (χ2n) is 2.59. The van der Waals surface area contributed by atoms with Crippen molar-refractivity contribution in [1.29, 1.82) is 0 Å². The fourth-order valence-corrected chi connectivity index (χ4v) is 0.582. The second-order valence-corrected chi connectivity index (χ2v) is 2.59. The molecular weight excluding hydrogens is 154 g/mol. The van der Waals surface area contributed by atoms with Gasteiger partial charge in [-0.25, -0.2) is 4.79 Å². The maximum absolute atomic E-state index is 11.0. The Balaban J connectivity index is 3.38. The monoisotopic (exact) mass is 171 g/mol. The molecule has 0 bridgehead atoms. The SMILES string of the molecule is C=C(CC)C(=O)ONCCCC. The third kappa shape index (κ3) is 4.91. The zero-order valence-corrected chi connectivity index (χ0v) is 7.85. The maximum atomic E-state index is 11.0. The van der Waals surface area contributed by atoms with Gasteiger partial charge in [0, 0.05) is 12.1 Å². The summed E-state index contributed by atoms with van der Waals surface area (Å²) in [6, 6.07) is 0. The zero-order chi connectivity index (χ0) is 9.40. The third-order valence-electron chi connectivity index (χ3n) is 1.51. The summed E-state index contributed by atoms with van der Waals surface area (Å²) in [6.45, 7) is 8.21. The van der Waals surface area contributed by atoms with E-state index in [0.717, 1.165) is 12.8 Å². The molecule has 0 fully saturated rings. The van der Waals surface area contributed by atoms with Crippen LogP contribution in [-0.2, 0) is 9.63 Å². The Labute approximate surface area is 73.7 Å². The molecule has 70 valence electrons. The van der Waals surface area contributed by atoms with E-state index in [1.54, 1.807) is 0 Å². The van der Waals surface area contributed by atoms with Gasteiger partial charge in [0.25, 0.3) is 0 Å². The Kier molecular flexibility index (Phi) is 6.38. The van der Waals surface area contributed by atoms with Crippen molar-refractivity contribution in [3.8, 4) is 0 Å². The molecule has 3 nitrogen and oxygen atoms in total. The first-order valence-electron chi connectivity index (χ1n) is 4.34. The van der Waals surface area contributed by atoms with Gasteiger partial charge in [0.1, 0.15) is 0 Å². The van der Waals surface area contributed by atoms with Crippen molar-refractivity contribution in [2.24, 2.45) is 0 Å². The molecule has 0 saturated carbocycles. The Morgan fingerprint density at radius 2 is 2.17 bits per heavy atom. The minimum atomic E-state index is -0.353. The van der Waals surface area contributed by atoms with Gasteiger partial charge in [-0.2, -0.15) is 5.48 Å². The summed E-state index contributed by atoms with van der Waals surface area (Å²) in [7, 11) is 0. The third-order valence-corrected chi connectivity index (χ3v) is 1.51. The van der Waals surface area contributed by atoms with E-state index in [2.05, 4.69) is 19.0 Å². The second kappa shape index (κ2) is 6.85. The summed E-state index contributed by atoms with van der Waals surface area (Å²) in [6.07, 6.45) is 2.72. The van der Waals surface area contributed by atoms with Crippen molar-refractivity contribution in [3.63, 3.8) is 0 Å². The number of hydrogen-bond acceptors (Lipinski definition) is 3. The first-order valence-corrected chi connectivity index (χ1v) is 4.34. The van der Waals surface area contributed by atoms with E-state index in [9.17, 15) is 4.79 Å². The Morgan fingerprint density at radius 3 is 2.67 bits per heavy atom. The molecule has 0 aliphatic rings. The number of unbranched alkanes of at least 4 members (excludes halogenated alkanes) is 1. The summed E-state index contributed by atoms with van der Waals surface area (Å²) < 4.78 is 0. The van der Waals surface area contributed by atoms with Crippen LogP contribution >= 0.6 is 0 Å². The lowest BCUT2D eigenvalue weighted by Gasteiger charge is -2.04. The van der Waals surface area contributed by atoms with Gasteiger partial charge in [0.15, 0.2) is 0 Å². The fourth-order valence-electron chi connectivity index (χ4n) is 0.582. The normalized spacial score (nSPS) is 9.50. The van der Waals surface area contributed by atoms with Gasteiger partial charge in [-0.3, -0.25) is 0 Å². The molecule has 0 aromatic heterocycles. The molecule has 0 saturated heterocycles. The van der Waals surface area contributed by atoms with Gasteiger partial charge in [-0.15, -0.1) is 0 Å². The molecule has 3 heteroatoms. The van der Waals surface area contributed by atoms with Gasteiger partial charge >= 0.3 is 5.97 Å². The zero-order valence-electron chi connectivity index (χ0n) is 7.85. The molecule has 0 radical (unpaired) electrons. The summed E-state index contributed by atoms with van der Waals surface area (Å²) in [4.78, 5) is 15.7.